The minimum atomic E-state index is -0.0710. The van der Waals surface area contributed by atoms with Gasteiger partial charge in [-0.2, -0.15) is 4.98 Å². The Labute approximate surface area is 88.6 Å². The summed E-state index contributed by atoms with van der Waals surface area (Å²) in [5.74, 6) is 1.44. The molecular formula is C10H15N3O2. The van der Waals surface area contributed by atoms with E-state index in [1.165, 1.54) is 0 Å². The number of nitrogens with zero attached hydrogens (tertiary/aromatic N) is 2. The van der Waals surface area contributed by atoms with Crippen LogP contribution in [0.4, 0.5) is 0 Å². The third-order valence-electron chi connectivity index (χ3n) is 2.59. The number of rotatable bonds is 4. The molecule has 1 fully saturated rings. The summed E-state index contributed by atoms with van der Waals surface area (Å²) in [6.07, 6.45) is 3.90. The zero-order valence-corrected chi connectivity index (χ0v) is 8.93. The Kier molecular flexibility index (Phi) is 2.73. The maximum atomic E-state index is 6.04. The lowest BCUT2D eigenvalue weighted by Gasteiger charge is -2.13. The third kappa shape index (κ3) is 2.02. The van der Waals surface area contributed by atoms with Crippen LogP contribution in [0.5, 0.6) is 11.8 Å². The molecule has 15 heavy (non-hydrogen) atoms. The van der Waals surface area contributed by atoms with Gasteiger partial charge in [-0.05, 0) is 18.8 Å². The summed E-state index contributed by atoms with van der Waals surface area (Å²) in [5, 5.41) is 0. The molecule has 1 aliphatic carbocycles. The predicted octanol–water partition coefficient (Wildman–Crippen LogP) is 0.904. The van der Waals surface area contributed by atoms with E-state index in [9.17, 15) is 0 Å². The highest BCUT2D eigenvalue weighted by Gasteiger charge is 2.32. The standard InChI is InChI=1S/C10H15N3O2/c1-14-7-5-12-9(10(13-7)15-2)8(11)6-3-4-6/h5-6,8H,3-4,11H2,1-2H3. The van der Waals surface area contributed by atoms with E-state index in [2.05, 4.69) is 9.97 Å². The normalized spacial score (nSPS) is 17.3. The van der Waals surface area contributed by atoms with Gasteiger partial charge in [-0.15, -0.1) is 0 Å². The topological polar surface area (TPSA) is 70.3 Å². The van der Waals surface area contributed by atoms with Gasteiger partial charge < -0.3 is 15.2 Å². The summed E-state index contributed by atoms with van der Waals surface area (Å²) in [6.45, 7) is 0. The van der Waals surface area contributed by atoms with Crippen LogP contribution < -0.4 is 15.2 Å². The maximum absolute atomic E-state index is 6.04. The monoisotopic (exact) mass is 209 g/mol. The summed E-state index contributed by atoms with van der Waals surface area (Å²) in [6, 6.07) is -0.0710. The Morgan fingerprint density at radius 3 is 2.67 bits per heavy atom. The molecule has 2 rings (SSSR count). The molecule has 1 aromatic heterocycles. The molecule has 2 N–H and O–H groups in total. The van der Waals surface area contributed by atoms with Gasteiger partial charge in [-0.25, -0.2) is 4.98 Å². The molecule has 0 saturated heterocycles. The fraction of sp³-hybridized carbons (Fsp3) is 0.600. The van der Waals surface area contributed by atoms with Crippen LogP contribution in [0.15, 0.2) is 6.20 Å². The SMILES string of the molecule is COc1cnc(C(N)C2CC2)c(OC)n1. The van der Waals surface area contributed by atoms with E-state index in [1.807, 2.05) is 0 Å². The van der Waals surface area contributed by atoms with Crippen LogP contribution in [0, 0.1) is 5.92 Å². The van der Waals surface area contributed by atoms with E-state index in [0.29, 0.717) is 17.7 Å². The van der Waals surface area contributed by atoms with Crippen molar-refractivity contribution in [1.82, 2.24) is 9.97 Å². The Morgan fingerprint density at radius 1 is 1.40 bits per heavy atom. The van der Waals surface area contributed by atoms with Crippen molar-refractivity contribution in [3.05, 3.63) is 11.9 Å². The fourth-order valence-electron chi connectivity index (χ4n) is 1.52. The van der Waals surface area contributed by atoms with Crippen molar-refractivity contribution < 1.29 is 9.47 Å². The van der Waals surface area contributed by atoms with E-state index in [-0.39, 0.29) is 6.04 Å². The number of nitrogens with two attached hydrogens (primary N) is 1. The van der Waals surface area contributed by atoms with Crippen molar-refractivity contribution in [2.75, 3.05) is 14.2 Å². The van der Waals surface area contributed by atoms with Crippen LogP contribution in [0.3, 0.4) is 0 Å². The first-order valence-corrected chi connectivity index (χ1v) is 4.96. The van der Waals surface area contributed by atoms with Gasteiger partial charge in [0.2, 0.25) is 11.8 Å². The smallest absolute Gasteiger partial charge is 0.240 e. The zero-order chi connectivity index (χ0) is 10.8. The van der Waals surface area contributed by atoms with E-state index in [0.717, 1.165) is 18.5 Å². The first-order valence-electron chi connectivity index (χ1n) is 4.96. The van der Waals surface area contributed by atoms with Crippen LogP contribution in [0.1, 0.15) is 24.6 Å². The van der Waals surface area contributed by atoms with Crippen molar-refractivity contribution in [2.24, 2.45) is 11.7 Å². The van der Waals surface area contributed by atoms with Gasteiger partial charge in [0.15, 0.2) is 0 Å². The van der Waals surface area contributed by atoms with Crippen molar-refractivity contribution >= 4 is 0 Å². The molecule has 1 unspecified atom stereocenters. The van der Waals surface area contributed by atoms with Gasteiger partial charge in [0.05, 0.1) is 26.5 Å². The molecule has 1 saturated carbocycles. The molecule has 1 heterocycles. The Balaban J connectivity index is 2.28. The summed E-state index contributed by atoms with van der Waals surface area (Å²) in [7, 11) is 3.11. The van der Waals surface area contributed by atoms with Gasteiger partial charge in [-0.1, -0.05) is 0 Å². The highest BCUT2D eigenvalue weighted by molar-refractivity contribution is 5.26. The summed E-state index contributed by atoms with van der Waals surface area (Å²) < 4.78 is 10.1. The number of ether oxygens (including phenoxy) is 2. The molecule has 0 amide bonds. The summed E-state index contributed by atoms with van der Waals surface area (Å²) >= 11 is 0. The largest absolute Gasteiger partial charge is 0.480 e. The lowest BCUT2D eigenvalue weighted by Crippen LogP contribution is -2.16. The molecule has 1 aliphatic rings. The van der Waals surface area contributed by atoms with Gasteiger partial charge in [-0.3, -0.25) is 0 Å². The van der Waals surface area contributed by atoms with E-state index in [4.69, 9.17) is 15.2 Å². The molecule has 0 radical (unpaired) electrons. The number of methoxy groups -OCH3 is 2. The lowest BCUT2D eigenvalue weighted by atomic mass is 10.1. The molecule has 82 valence electrons. The molecule has 5 heteroatoms. The molecular weight excluding hydrogens is 194 g/mol. The highest BCUT2D eigenvalue weighted by atomic mass is 16.5. The highest BCUT2D eigenvalue weighted by Crippen LogP contribution is 2.40. The lowest BCUT2D eigenvalue weighted by molar-refractivity contribution is 0.351. The first kappa shape index (κ1) is 10.2. The van der Waals surface area contributed by atoms with Gasteiger partial charge in [0.1, 0.15) is 5.69 Å². The average molecular weight is 209 g/mol. The predicted molar refractivity (Wildman–Crippen MR) is 54.8 cm³/mol. The number of hydrogen-bond acceptors (Lipinski definition) is 5. The van der Waals surface area contributed by atoms with Crippen LogP contribution in [-0.4, -0.2) is 24.2 Å². The van der Waals surface area contributed by atoms with Gasteiger partial charge in [0, 0.05) is 0 Å². The second-order valence-corrected chi connectivity index (χ2v) is 3.67. The first-order chi connectivity index (χ1) is 7.26. The molecule has 0 aromatic carbocycles. The van der Waals surface area contributed by atoms with Crippen molar-refractivity contribution in [1.29, 1.82) is 0 Å². The molecule has 1 aromatic rings. The third-order valence-corrected chi connectivity index (χ3v) is 2.59. The Bertz CT molecular complexity index is 353. The minimum absolute atomic E-state index is 0.0710. The van der Waals surface area contributed by atoms with Crippen LogP contribution >= 0.6 is 0 Å². The molecule has 0 aliphatic heterocycles. The Morgan fingerprint density at radius 2 is 2.13 bits per heavy atom. The number of hydrogen-bond donors (Lipinski definition) is 1. The van der Waals surface area contributed by atoms with E-state index < -0.39 is 0 Å². The summed E-state index contributed by atoms with van der Waals surface area (Å²) in [5.41, 5.74) is 6.77. The van der Waals surface area contributed by atoms with Crippen LogP contribution in [-0.2, 0) is 0 Å². The molecule has 0 bridgehead atoms. The molecule has 1 atom stereocenters. The second-order valence-electron chi connectivity index (χ2n) is 3.67. The zero-order valence-electron chi connectivity index (χ0n) is 8.93. The van der Waals surface area contributed by atoms with Crippen LogP contribution in [0.25, 0.3) is 0 Å². The van der Waals surface area contributed by atoms with E-state index in [1.54, 1.807) is 20.4 Å². The van der Waals surface area contributed by atoms with Gasteiger partial charge >= 0.3 is 0 Å². The second kappa shape index (κ2) is 4.02. The molecule has 0 spiro atoms. The van der Waals surface area contributed by atoms with Crippen LogP contribution in [0.2, 0.25) is 0 Å². The molecule has 5 nitrogen and oxygen atoms in total. The number of aromatic nitrogens is 2. The van der Waals surface area contributed by atoms with E-state index >= 15 is 0 Å². The van der Waals surface area contributed by atoms with Gasteiger partial charge in [0.25, 0.3) is 0 Å². The van der Waals surface area contributed by atoms with Crippen molar-refractivity contribution in [3.8, 4) is 11.8 Å². The average Bonchev–Trinajstić information content (AvgIpc) is 3.11. The maximum Gasteiger partial charge on any atom is 0.240 e. The minimum Gasteiger partial charge on any atom is -0.480 e. The fourth-order valence-corrected chi connectivity index (χ4v) is 1.52. The Hall–Kier alpha value is -1.36. The van der Waals surface area contributed by atoms with Crippen molar-refractivity contribution in [2.45, 2.75) is 18.9 Å². The van der Waals surface area contributed by atoms with Crippen molar-refractivity contribution in [3.63, 3.8) is 0 Å². The summed E-state index contributed by atoms with van der Waals surface area (Å²) in [4.78, 5) is 8.40. The quantitative estimate of drug-likeness (QED) is 0.797.